The Labute approximate surface area is 119 Å². The minimum Gasteiger partial charge on any atom is -0.378 e. The normalized spacial score (nSPS) is 17.4. The molecule has 1 saturated carbocycles. The third-order valence-electron chi connectivity index (χ3n) is 4.50. The van der Waals surface area contributed by atoms with Crippen LogP contribution in [0.25, 0.3) is 10.8 Å². The van der Waals surface area contributed by atoms with Gasteiger partial charge in [-0.1, -0.05) is 49.2 Å². The average molecular weight is 268 g/mol. The van der Waals surface area contributed by atoms with Gasteiger partial charge in [0.05, 0.1) is 5.60 Å². The Kier molecular flexibility index (Phi) is 3.58. The van der Waals surface area contributed by atoms with Gasteiger partial charge < -0.3 is 4.74 Å². The van der Waals surface area contributed by atoms with Crippen molar-refractivity contribution in [3.05, 3.63) is 48.0 Å². The number of hydrogen-bond donors (Lipinski definition) is 0. The fourth-order valence-corrected chi connectivity index (χ4v) is 3.23. The summed E-state index contributed by atoms with van der Waals surface area (Å²) in [6, 6.07) is 14.1. The molecule has 0 spiro atoms. The summed E-state index contributed by atoms with van der Waals surface area (Å²) >= 11 is 0. The smallest absolute Gasteiger partial charge is 0.165 e. The second-order valence-corrected chi connectivity index (χ2v) is 5.76. The van der Waals surface area contributed by atoms with Crippen molar-refractivity contribution in [2.75, 3.05) is 7.11 Å². The van der Waals surface area contributed by atoms with Crippen LogP contribution >= 0.6 is 0 Å². The zero-order valence-electron chi connectivity index (χ0n) is 11.9. The van der Waals surface area contributed by atoms with Gasteiger partial charge in [0.2, 0.25) is 0 Å². The minimum atomic E-state index is -0.220. The molecule has 20 heavy (non-hydrogen) atoms. The first kappa shape index (κ1) is 13.3. The lowest BCUT2D eigenvalue weighted by atomic mass is 9.91. The molecule has 0 aliphatic heterocycles. The van der Waals surface area contributed by atoms with Gasteiger partial charge in [0, 0.05) is 19.1 Å². The zero-order valence-corrected chi connectivity index (χ0v) is 11.9. The van der Waals surface area contributed by atoms with E-state index >= 15 is 0 Å². The van der Waals surface area contributed by atoms with E-state index in [4.69, 9.17) is 4.74 Å². The molecule has 2 nitrogen and oxygen atoms in total. The van der Waals surface area contributed by atoms with Crippen LogP contribution in [0.5, 0.6) is 0 Å². The number of carbonyl (C=O) groups excluding carboxylic acids is 1. The monoisotopic (exact) mass is 268 g/mol. The van der Waals surface area contributed by atoms with Gasteiger partial charge in [-0.05, 0) is 29.7 Å². The van der Waals surface area contributed by atoms with Crippen molar-refractivity contribution in [3.63, 3.8) is 0 Å². The van der Waals surface area contributed by atoms with Gasteiger partial charge in [0.15, 0.2) is 5.78 Å². The van der Waals surface area contributed by atoms with E-state index in [0.29, 0.717) is 6.42 Å². The Morgan fingerprint density at radius 3 is 2.50 bits per heavy atom. The molecule has 2 aromatic rings. The van der Waals surface area contributed by atoms with E-state index in [-0.39, 0.29) is 11.4 Å². The topological polar surface area (TPSA) is 26.3 Å². The Balaban J connectivity index is 1.85. The van der Waals surface area contributed by atoms with Crippen molar-refractivity contribution in [2.45, 2.75) is 37.7 Å². The quantitative estimate of drug-likeness (QED) is 0.769. The van der Waals surface area contributed by atoms with E-state index in [1.165, 1.54) is 18.2 Å². The molecule has 3 rings (SSSR count). The number of carbonyl (C=O) groups is 1. The van der Waals surface area contributed by atoms with Gasteiger partial charge in [-0.3, -0.25) is 4.79 Å². The summed E-state index contributed by atoms with van der Waals surface area (Å²) < 4.78 is 5.66. The molecule has 0 heterocycles. The van der Waals surface area contributed by atoms with E-state index < -0.39 is 0 Å². The number of ketones is 1. The average Bonchev–Trinajstić information content (AvgIpc) is 2.96. The summed E-state index contributed by atoms with van der Waals surface area (Å²) in [6.45, 7) is 0. The summed E-state index contributed by atoms with van der Waals surface area (Å²) in [5.74, 6) is 0.194. The number of hydrogen-bond acceptors (Lipinski definition) is 2. The number of rotatable bonds is 4. The predicted molar refractivity (Wildman–Crippen MR) is 81.1 cm³/mol. The van der Waals surface area contributed by atoms with Gasteiger partial charge in [-0.25, -0.2) is 0 Å². The lowest BCUT2D eigenvalue weighted by molar-refractivity contribution is -0.00696. The maximum atomic E-state index is 12.5. The van der Waals surface area contributed by atoms with Crippen LogP contribution in [-0.4, -0.2) is 18.5 Å². The third-order valence-corrected chi connectivity index (χ3v) is 4.50. The summed E-state index contributed by atoms with van der Waals surface area (Å²) in [5, 5.41) is 2.29. The van der Waals surface area contributed by atoms with Crippen LogP contribution in [0.4, 0.5) is 0 Å². The molecular formula is C18H20O2. The maximum absolute atomic E-state index is 12.5. The van der Waals surface area contributed by atoms with Crippen molar-refractivity contribution in [3.8, 4) is 0 Å². The first-order valence-electron chi connectivity index (χ1n) is 7.30. The lowest BCUT2D eigenvalue weighted by Crippen LogP contribution is -2.30. The second kappa shape index (κ2) is 5.37. The third kappa shape index (κ3) is 2.48. The SMILES string of the molecule is COC1(CC(=O)c2ccc3ccccc3c2)CCCC1. The molecule has 1 aliphatic carbocycles. The molecule has 2 aromatic carbocycles. The predicted octanol–water partition coefficient (Wildman–Crippen LogP) is 4.37. The largest absolute Gasteiger partial charge is 0.378 e. The number of methoxy groups -OCH3 is 1. The fourth-order valence-electron chi connectivity index (χ4n) is 3.23. The van der Waals surface area contributed by atoms with Gasteiger partial charge in [0.1, 0.15) is 0 Å². The molecule has 0 unspecified atom stereocenters. The minimum absolute atomic E-state index is 0.194. The van der Waals surface area contributed by atoms with Crippen LogP contribution in [-0.2, 0) is 4.74 Å². The van der Waals surface area contributed by atoms with Gasteiger partial charge in [-0.2, -0.15) is 0 Å². The molecule has 2 heteroatoms. The van der Waals surface area contributed by atoms with Crippen molar-refractivity contribution >= 4 is 16.6 Å². The van der Waals surface area contributed by atoms with Gasteiger partial charge in [0.25, 0.3) is 0 Å². The molecule has 0 aromatic heterocycles. The molecular weight excluding hydrogens is 248 g/mol. The van der Waals surface area contributed by atoms with Gasteiger partial charge in [-0.15, -0.1) is 0 Å². The van der Waals surface area contributed by atoms with Crippen LogP contribution in [0.15, 0.2) is 42.5 Å². The van der Waals surface area contributed by atoms with Crippen LogP contribution < -0.4 is 0 Å². The molecule has 0 radical (unpaired) electrons. The standard InChI is InChI=1S/C18H20O2/c1-20-18(10-4-5-11-18)13-17(19)16-9-8-14-6-2-3-7-15(14)12-16/h2-3,6-9,12H,4-5,10-11,13H2,1H3. The van der Waals surface area contributed by atoms with E-state index in [0.717, 1.165) is 23.8 Å². The van der Waals surface area contributed by atoms with Crippen LogP contribution in [0.1, 0.15) is 42.5 Å². The highest BCUT2D eigenvalue weighted by atomic mass is 16.5. The molecule has 0 atom stereocenters. The molecule has 0 N–H and O–H groups in total. The molecule has 0 saturated heterocycles. The van der Waals surface area contributed by atoms with Crippen LogP contribution in [0.3, 0.4) is 0 Å². The van der Waals surface area contributed by atoms with E-state index in [1.807, 2.05) is 36.4 Å². The first-order chi connectivity index (χ1) is 9.72. The zero-order chi connectivity index (χ0) is 14.0. The summed E-state index contributed by atoms with van der Waals surface area (Å²) in [7, 11) is 1.74. The molecule has 0 bridgehead atoms. The van der Waals surface area contributed by atoms with Crippen molar-refractivity contribution in [1.29, 1.82) is 0 Å². The van der Waals surface area contributed by atoms with Crippen molar-refractivity contribution in [1.82, 2.24) is 0 Å². The summed E-state index contributed by atoms with van der Waals surface area (Å²) in [6.07, 6.45) is 4.84. The van der Waals surface area contributed by atoms with Crippen LogP contribution in [0, 0.1) is 0 Å². The Bertz CT molecular complexity index is 624. The Hall–Kier alpha value is -1.67. The fraction of sp³-hybridized carbons (Fsp3) is 0.389. The van der Waals surface area contributed by atoms with E-state index in [1.54, 1.807) is 7.11 Å². The first-order valence-corrected chi connectivity index (χ1v) is 7.30. The van der Waals surface area contributed by atoms with Gasteiger partial charge >= 0.3 is 0 Å². The number of benzene rings is 2. The Morgan fingerprint density at radius 1 is 1.10 bits per heavy atom. The maximum Gasteiger partial charge on any atom is 0.165 e. The highest BCUT2D eigenvalue weighted by Gasteiger charge is 2.36. The molecule has 1 fully saturated rings. The van der Waals surface area contributed by atoms with E-state index in [2.05, 4.69) is 6.07 Å². The lowest BCUT2D eigenvalue weighted by Gasteiger charge is -2.26. The Morgan fingerprint density at radius 2 is 1.80 bits per heavy atom. The summed E-state index contributed by atoms with van der Waals surface area (Å²) in [5.41, 5.74) is 0.579. The molecule has 0 amide bonds. The molecule has 104 valence electrons. The number of fused-ring (bicyclic) bond motifs is 1. The van der Waals surface area contributed by atoms with E-state index in [9.17, 15) is 4.79 Å². The molecule has 1 aliphatic rings. The highest BCUT2D eigenvalue weighted by Crippen LogP contribution is 2.36. The number of ether oxygens (including phenoxy) is 1. The van der Waals surface area contributed by atoms with Crippen molar-refractivity contribution < 1.29 is 9.53 Å². The second-order valence-electron chi connectivity index (χ2n) is 5.76. The van der Waals surface area contributed by atoms with Crippen LogP contribution in [0.2, 0.25) is 0 Å². The summed E-state index contributed by atoms with van der Waals surface area (Å²) in [4.78, 5) is 12.5. The highest BCUT2D eigenvalue weighted by molar-refractivity contribution is 6.00. The van der Waals surface area contributed by atoms with Crippen molar-refractivity contribution in [2.24, 2.45) is 0 Å². The number of Topliss-reactive ketones (excluding diaryl/α,β-unsaturated/α-hetero) is 1.